The van der Waals surface area contributed by atoms with Crippen molar-refractivity contribution in [2.24, 2.45) is 0 Å². The maximum absolute atomic E-state index is 11.1. The van der Waals surface area contributed by atoms with Gasteiger partial charge >= 0.3 is 5.97 Å². The zero-order chi connectivity index (χ0) is 13.8. The van der Waals surface area contributed by atoms with Crippen molar-refractivity contribution in [2.45, 2.75) is 0 Å². The Labute approximate surface area is 117 Å². The Balaban J connectivity index is 2.43. The molecule has 6 heteroatoms. The Morgan fingerprint density at radius 2 is 2.16 bits per heavy atom. The van der Waals surface area contributed by atoms with Gasteiger partial charge in [-0.25, -0.2) is 9.78 Å². The van der Waals surface area contributed by atoms with Gasteiger partial charge in [-0.2, -0.15) is 0 Å². The average Bonchev–Trinajstić information content (AvgIpc) is 2.41. The molecular weight excluding hydrogens is 314 g/mol. The summed E-state index contributed by atoms with van der Waals surface area (Å²) in [4.78, 5) is 15.2. The summed E-state index contributed by atoms with van der Waals surface area (Å²) >= 11 is 3.28. The predicted octanol–water partition coefficient (Wildman–Crippen LogP) is 3.34. The summed E-state index contributed by atoms with van der Waals surface area (Å²) in [6, 6.07) is 7.98. The van der Waals surface area contributed by atoms with Crippen LogP contribution in [0.5, 0.6) is 17.4 Å². The van der Waals surface area contributed by atoms with E-state index in [4.69, 9.17) is 14.6 Å². The summed E-state index contributed by atoms with van der Waals surface area (Å²) in [6.07, 6.45) is 1.56. The highest BCUT2D eigenvalue weighted by Crippen LogP contribution is 2.31. The Morgan fingerprint density at radius 1 is 1.37 bits per heavy atom. The van der Waals surface area contributed by atoms with Crippen LogP contribution in [-0.4, -0.2) is 23.2 Å². The van der Waals surface area contributed by atoms with Gasteiger partial charge in [-0.3, -0.25) is 0 Å². The molecule has 0 atom stereocenters. The lowest BCUT2D eigenvalue weighted by molar-refractivity contribution is 0.0694. The van der Waals surface area contributed by atoms with Gasteiger partial charge in [-0.1, -0.05) is 0 Å². The van der Waals surface area contributed by atoms with Crippen molar-refractivity contribution in [1.29, 1.82) is 0 Å². The number of aromatic carboxylic acids is 1. The zero-order valence-corrected chi connectivity index (χ0v) is 11.5. The van der Waals surface area contributed by atoms with Crippen molar-refractivity contribution in [3.8, 4) is 17.4 Å². The van der Waals surface area contributed by atoms with Crippen molar-refractivity contribution in [3.63, 3.8) is 0 Å². The molecule has 0 saturated carbocycles. The van der Waals surface area contributed by atoms with Crippen LogP contribution in [0.1, 0.15) is 10.4 Å². The molecule has 0 spiro atoms. The minimum atomic E-state index is -1.08. The molecule has 0 fully saturated rings. The first kappa shape index (κ1) is 13.4. The van der Waals surface area contributed by atoms with Gasteiger partial charge in [0.2, 0.25) is 5.88 Å². The molecule has 1 heterocycles. The fraction of sp³-hybridized carbons (Fsp3) is 0.0769. The van der Waals surface area contributed by atoms with Crippen molar-refractivity contribution in [1.82, 2.24) is 4.98 Å². The van der Waals surface area contributed by atoms with E-state index in [2.05, 4.69) is 20.9 Å². The predicted molar refractivity (Wildman–Crippen MR) is 72.0 cm³/mol. The molecule has 19 heavy (non-hydrogen) atoms. The van der Waals surface area contributed by atoms with Gasteiger partial charge in [0, 0.05) is 12.3 Å². The van der Waals surface area contributed by atoms with E-state index < -0.39 is 5.97 Å². The van der Waals surface area contributed by atoms with Gasteiger partial charge in [-0.15, -0.1) is 0 Å². The van der Waals surface area contributed by atoms with Crippen molar-refractivity contribution >= 4 is 21.9 Å². The Hall–Kier alpha value is -2.08. The van der Waals surface area contributed by atoms with E-state index >= 15 is 0 Å². The minimum absolute atomic E-state index is 0.0401. The Bertz CT molecular complexity index is 615. The quantitative estimate of drug-likeness (QED) is 0.934. The fourth-order valence-electron chi connectivity index (χ4n) is 1.44. The second-order valence-electron chi connectivity index (χ2n) is 3.56. The normalized spacial score (nSPS) is 10.0. The highest BCUT2D eigenvalue weighted by Gasteiger charge is 2.14. The lowest BCUT2D eigenvalue weighted by atomic mass is 10.2. The number of carboxylic acids is 1. The highest BCUT2D eigenvalue weighted by atomic mass is 79.9. The van der Waals surface area contributed by atoms with Crippen LogP contribution in [0.25, 0.3) is 0 Å². The van der Waals surface area contributed by atoms with E-state index in [9.17, 15) is 4.79 Å². The van der Waals surface area contributed by atoms with Gasteiger partial charge in [0.05, 0.1) is 11.6 Å². The van der Waals surface area contributed by atoms with Crippen LogP contribution in [0.4, 0.5) is 0 Å². The molecule has 0 amide bonds. The van der Waals surface area contributed by atoms with Crippen LogP contribution >= 0.6 is 15.9 Å². The summed E-state index contributed by atoms with van der Waals surface area (Å²) in [5.74, 6) is -0.110. The van der Waals surface area contributed by atoms with Gasteiger partial charge < -0.3 is 14.6 Å². The molecule has 2 aromatic rings. The number of carbonyl (C=O) groups is 1. The summed E-state index contributed by atoms with van der Waals surface area (Å²) in [7, 11) is 1.50. The number of hydrogen-bond acceptors (Lipinski definition) is 4. The van der Waals surface area contributed by atoms with Crippen molar-refractivity contribution in [2.75, 3.05) is 7.11 Å². The standard InChI is InChI=1S/C13H10BrNO4/c1-18-8-4-5-9(13(16)17)11(7-8)19-12-10(14)3-2-6-15-12/h2-7H,1H3,(H,16,17). The first-order chi connectivity index (χ1) is 9.11. The summed E-state index contributed by atoms with van der Waals surface area (Å²) in [6.45, 7) is 0. The van der Waals surface area contributed by atoms with E-state index in [1.54, 1.807) is 24.4 Å². The zero-order valence-electron chi connectivity index (χ0n) is 9.96. The number of pyridine rings is 1. The van der Waals surface area contributed by atoms with Crippen LogP contribution in [-0.2, 0) is 0 Å². The molecule has 0 aliphatic heterocycles. The van der Waals surface area contributed by atoms with Crippen LogP contribution < -0.4 is 9.47 Å². The SMILES string of the molecule is COc1ccc(C(=O)O)c(Oc2ncccc2Br)c1. The van der Waals surface area contributed by atoms with E-state index in [0.717, 1.165) is 0 Å². The second kappa shape index (κ2) is 5.71. The van der Waals surface area contributed by atoms with Crippen LogP contribution in [0, 0.1) is 0 Å². The molecule has 0 saturated heterocycles. The number of ether oxygens (including phenoxy) is 2. The molecule has 1 N–H and O–H groups in total. The topological polar surface area (TPSA) is 68.7 Å². The number of halogens is 1. The number of benzene rings is 1. The third-order valence-corrected chi connectivity index (χ3v) is 2.95. The number of aromatic nitrogens is 1. The van der Waals surface area contributed by atoms with E-state index in [-0.39, 0.29) is 11.3 Å². The van der Waals surface area contributed by atoms with Crippen LogP contribution in [0.3, 0.4) is 0 Å². The maximum atomic E-state index is 11.1. The first-order valence-corrected chi connectivity index (χ1v) is 6.11. The van der Waals surface area contributed by atoms with Crippen molar-refractivity contribution in [3.05, 3.63) is 46.6 Å². The lowest BCUT2D eigenvalue weighted by Gasteiger charge is -2.10. The molecule has 5 nitrogen and oxygen atoms in total. The largest absolute Gasteiger partial charge is 0.497 e. The number of methoxy groups -OCH3 is 1. The molecule has 0 unspecified atom stereocenters. The lowest BCUT2D eigenvalue weighted by Crippen LogP contribution is -2.01. The van der Waals surface area contributed by atoms with E-state index in [1.807, 2.05) is 0 Å². The third-order valence-electron chi connectivity index (χ3n) is 2.35. The monoisotopic (exact) mass is 323 g/mol. The first-order valence-electron chi connectivity index (χ1n) is 5.31. The van der Waals surface area contributed by atoms with Gasteiger partial charge in [0.15, 0.2) is 0 Å². The fourth-order valence-corrected chi connectivity index (χ4v) is 1.78. The minimum Gasteiger partial charge on any atom is -0.497 e. The smallest absolute Gasteiger partial charge is 0.339 e. The number of carboxylic acid groups (broad SMARTS) is 1. The average molecular weight is 324 g/mol. The van der Waals surface area contributed by atoms with E-state index in [1.165, 1.54) is 19.2 Å². The van der Waals surface area contributed by atoms with Crippen LogP contribution in [0.15, 0.2) is 41.0 Å². The molecule has 0 bridgehead atoms. The Kier molecular flexibility index (Phi) is 4.01. The highest BCUT2D eigenvalue weighted by molar-refractivity contribution is 9.10. The number of nitrogens with zero attached hydrogens (tertiary/aromatic N) is 1. The van der Waals surface area contributed by atoms with Gasteiger partial charge in [0.25, 0.3) is 0 Å². The molecule has 1 aromatic heterocycles. The molecule has 1 aromatic carbocycles. The number of hydrogen-bond donors (Lipinski definition) is 1. The molecule has 98 valence electrons. The Morgan fingerprint density at radius 3 is 2.79 bits per heavy atom. The summed E-state index contributed by atoms with van der Waals surface area (Å²) < 4.78 is 11.2. The van der Waals surface area contributed by atoms with Crippen LogP contribution in [0.2, 0.25) is 0 Å². The summed E-state index contributed by atoms with van der Waals surface area (Å²) in [5.41, 5.74) is 0.0401. The summed E-state index contributed by atoms with van der Waals surface area (Å²) in [5, 5.41) is 9.12. The molecule has 0 aliphatic rings. The molecule has 0 radical (unpaired) electrons. The number of rotatable bonds is 4. The molecular formula is C13H10BrNO4. The van der Waals surface area contributed by atoms with E-state index in [0.29, 0.717) is 16.1 Å². The second-order valence-corrected chi connectivity index (χ2v) is 4.41. The third kappa shape index (κ3) is 3.03. The van der Waals surface area contributed by atoms with Gasteiger partial charge in [-0.05, 0) is 40.2 Å². The van der Waals surface area contributed by atoms with Crippen molar-refractivity contribution < 1.29 is 19.4 Å². The molecule has 2 rings (SSSR count). The molecule has 0 aliphatic carbocycles. The maximum Gasteiger partial charge on any atom is 0.339 e. The van der Waals surface area contributed by atoms with Gasteiger partial charge in [0.1, 0.15) is 17.1 Å².